The summed E-state index contributed by atoms with van der Waals surface area (Å²) in [6.45, 7) is 0. The van der Waals surface area contributed by atoms with Crippen LogP contribution in [0.1, 0.15) is 5.56 Å². The zero-order valence-electron chi connectivity index (χ0n) is 11.7. The Morgan fingerprint density at radius 3 is 2.68 bits per heavy atom. The molecule has 0 aliphatic carbocycles. The summed E-state index contributed by atoms with van der Waals surface area (Å²) in [5.41, 5.74) is 2.58. The number of para-hydroxylation sites is 2. The van der Waals surface area contributed by atoms with E-state index in [-0.39, 0.29) is 0 Å². The molecule has 0 aliphatic rings. The highest BCUT2D eigenvalue weighted by atomic mass is 35.5. The molecule has 1 heterocycles. The van der Waals surface area contributed by atoms with Gasteiger partial charge in [-0.2, -0.15) is 0 Å². The molecule has 0 saturated heterocycles. The van der Waals surface area contributed by atoms with Crippen LogP contribution in [0.2, 0.25) is 5.02 Å². The zero-order valence-corrected chi connectivity index (χ0v) is 12.5. The number of hydrogen-bond donors (Lipinski definition) is 3. The van der Waals surface area contributed by atoms with Gasteiger partial charge in [0.2, 0.25) is 0 Å². The second kappa shape index (κ2) is 6.12. The zero-order chi connectivity index (χ0) is 15.5. The van der Waals surface area contributed by atoms with Crippen molar-refractivity contribution in [2.24, 2.45) is 0 Å². The topological polar surface area (TPSA) is 65.1 Å². The largest absolute Gasteiger partial charge is 0.480 e. The fourth-order valence-corrected chi connectivity index (χ4v) is 2.68. The van der Waals surface area contributed by atoms with Crippen molar-refractivity contribution < 1.29 is 9.90 Å². The van der Waals surface area contributed by atoms with Crippen LogP contribution in [0.15, 0.2) is 54.7 Å². The van der Waals surface area contributed by atoms with Gasteiger partial charge in [0.25, 0.3) is 0 Å². The minimum atomic E-state index is -0.912. The van der Waals surface area contributed by atoms with Crippen molar-refractivity contribution in [3.8, 4) is 0 Å². The van der Waals surface area contributed by atoms with E-state index in [0.29, 0.717) is 17.1 Å². The molecule has 1 unspecified atom stereocenters. The molecule has 3 aromatic rings. The van der Waals surface area contributed by atoms with E-state index in [2.05, 4.69) is 10.3 Å². The van der Waals surface area contributed by atoms with E-state index < -0.39 is 12.0 Å². The van der Waals surface area contributed by atoms with Crippen molar-refractivity contribution in [3.63, 3.8) is 0 Å². The lowest BCUT2D eigenvalue weighted by Gasteiger charge is -2.16. The Labute approximate surface area is 132 Å². The summed E-state index contributed by atoms with van der Waals surface area (Å²) < 4.78 is 0. The third kappa shape index (κ3) is 2.92. The molecular formula is C17H15ClN2O2. The highest BCUT2D eigenvalue weighted by molar-refractivity contribution is 6.33. The van der Waals surface area contributed by atoms with Gasteiger partial charge in [0, 0.05) is 23.5 Å². The highest BCUT2D eigenvalue weighted by Gasteiger charge is 2.20. The number of carboxylic acid groups (broad SMARTS) is 1. The molecule has 22 heavy (non-hydrogen) atoms. The fraction of sp³-hybridized carbons (Fsp3) is 0.118. The lowest BCUT2D eigenvalue weighted by atomic mass is 10.0. The molecule has 0 spiro atoms. The summed E-state index contributed by atoms with van der Waals surface area (Å²) in [7, 11) is 0. The number of nitrogens with one attached hydrogen (secondary N) is 2. The lowest BCUT2D eigenvalue weighted by molar-refractivity contribution is -0.137. The SMILES string of the molecule is O=C(O)C(Cc1c[nH]c2ccccc12)Nc1ccccc1Cl. The molecule has 0 radical (unpaired) electrons. The van der Waals surface area contributed by atoms with Gasteiger partial charge in [-0.05, 0) is 23.8 Å². The van der Waals surface area contributed by atoms with Crippen LogP contribution in [0.3, 0.4) is 0 Å². The highest BCUT2D eigenvalue weighted by Crippen LogP contribution is 2.24. The number of anilines is 1. The van der Waals surface area contributed by atoms with Crippen LogP contribution < -0.4 is 5.32 Å². The Bertz CT molecular complexity index is 813. The molecule has 0 bridgehead atoms. The van der Waals surface area contributed by atoms with Crippen LogP contribution in [0.4, 0.5) is 5.69 Å². The molecule has 0 saturated carbocycles. The third-order valence-electron chi connectivity index (χ3n) is 3.60. The Balaban J connectivity index is 1.86. The predicted octanol–water partition coefficient (Wildman–Crippen LogP) is 3.93. The number of halogens is 1. The second-order valence-corrected chi connectivity index (χ2v) is 5.49. The predicted molar refractivity (Wildman–Crippen MR) is 88.5 cm³/mol. The first kappa shape index (κ1) is 14.5. The molecule has 0 amide bonds. The normalized spacial score (nSPS) is 12.2. The van der Waals surface area contributed by atoms with E-state index in [4.69, 9.17) is 11.6 Å². The number of carboxylic acids is 1. The Morgan fingerprint density at radius 2 is 1.91 bits per heavy atom. The van der Waals surface area contributed by atoms with E-state index in [1.54, 1.807) is 12.1 Å². The lowest BCUT2D eigenvalue weighted by Crippen LogP contribution is -2.31. The fourth-order valence-electron chi connectivity index (χ4n) is 2.49. The van der Waals surface area contributed by atoms with E-state index in [0.717, 1.165) is 16.5 Å². The van der Waals surface area contributed by atoms with Gasteiger partial charge in [-0.15, -0.1) is 0 Å². The molecule has 0 aliphatic heterocycles. The van der Waals surface area contributed by atoms with Gasteiger partial charge in [-0.3, -0.25) is 0 Å². The minimum Gasteiger partial charge on any atom is -0.480 e. The molecule has 112 valence electrons. The Morgan fingerprint density at radius 1 is 1.18 bits per heavy atom. The van der Waals surface area contributed by atoms with Crippen molar-refractivity contribution in [2.45, 2.75) is 12.5 Å². The maximum absolute atomic E-state index is 11.6. The number of H-pyrrole nitrogens is 1. The van der Waals surface area contributed by atoms with Crippen LogP contribution in [0.5, 0.6) is 0 Å². The first-order valence-electron chi connectivity index (χ1n) is 6.94. The number of hydrogen-bond acceptors (Lipinski definition) is 2. The molecule has 5 heteroatoms. The molecule has 1 aromatic heterocycles. The number of carbonyl (C=O) groups is 1. The number of aromatic amines is 1. The van der Waals surface area contributed by atoms with Gasteiger partial charge in [-0.1, -0.05) is 41.9 Å². The summed E-state index contributed by atoms with van der Waals surface area (Å²) in [6.07, 6.45) is 2.22. The second-order valence-electron chi connectivity index (χ2n) is 5.08. The number of benzene rings is 2. The van der Waals surface area contributed by atoms with E-state index in [1.807, 2.05) is 42.6 Å². The van der Waals surface area contributed by atoms with Gasteiger partial charge >= 0.3 is 5.97 Å². The molecule has 3 rings (SSSR count). The maximum Gasteiger partial charge on any atom is 0.326 e. The number of fused-ring (bicyclic) bond motifs is 1. The molecule has 2 aromatic carbocycles. The number of aliphatic carboxylic acids is 1. The number of rotatable bonds is 5. The van der Waals surface area contributed by atoms with Crippen LogP contribution in [0, 0.1) is 0 Å². The summed E-state index contributed by atoms with van der Waals surface area (Å²) in [4.78, 5) is 14.7. The van der Waals surface area contributed by atoms with E-state index in [9.17, 15) is 9.90 Å². The van der Waals surface area contributed by atoms with E-state index in [1.165, 1.54) is 0 Å². The molecular weight excluding hydrogens is 300 g/mol. The number of aromatic nitrogens is 1. The van der Waals surface area contributed by atoms with Crippen molar-refractivity contribution in [2.75, 3.05) is 5.32 Å². The van der Waals surface area contributed by atoms with Crippen molar-refractivity contribution in [3.05, 3.63) is 65.3 Å². The van der Waals surface area contributed by atoms with Gasteiger partial charge in [0.05, 0.1) is 10.7 Å². The van der Waals surface area contributed by atoms with Crippen LogP contribution in [-0.2, 0) is 11.2 Å². The van der Waals surface area contributed by atoms with Crippen molar-refractivity contribution >= 4 is 34.2 Å². The maximum atomic E-state index is 11.6. The van der Waals surface area contributed by atoms with Crippen LogP contribution >= 0.6 is 11.6 Å². The summed E-state index contributed by atoms with van der Waals surface area (Å²) in [5, 5.41) is 14.0. The molecule has 1 atom stereocenters. The third-order valence-corrected chi connectivity index (χ3v) is 3.93. The molecule has 0 fully saturated rings. The van der Waals surface area contributed by atoms with E-state index >= 15 is 0 Å². The Kier molecular flexibility index (Phi) is 4.02. The Hall–Kier alpha value is -2.46. The van der Waals surface area contributed by atoms with Gasteiger partial charge in [0.15, 0.2) is 0 Å². The molecule has 4 nitrogen and oxygen atoms in total. The van der Waals surface area contributed by atoms with Crippen molar-refractivity contribution in [1.82, 2.24) is 4.98 Å². The molecule has 3 N–H and O–H groups in total. The monoisotopic (exact) mass is 314 g/mol. The average molecular weight is 315 g/mol. The van der Waals surface area contributed by atoms with Crippen LogP contribution in [-0.4, -0.2) is 22.1 Å². The van der Waals surface area contributed by atoms with Gasteiger partial charge < -0.3 is 15.4 Å². The average Bonchev–Trinajstić information content (AvgIpc) is 2.92. The smallest absolute Gasteiger partial charge is 0.326 e. The summed E-state index contributed by atoms with van der Waals surface area (Å²) in [6, 6.07) is 14.2. The first-order valence-corrected chi connectivity index (χ1v) is 7.32. The van der Waals surface area contributed by atoms with Gasteiger partial charge in [-0.25, -0.2) is 4.79 Å². The summed E-state index contributed by atoms with van der Waals surface area (Å²) in [5.74, 6) is -0.912. The van der Waals surface area contributed by atoms with Crippen LogP contribution in [0.25, 0.3) is 10.9 Å². The minimum absolute atomic E-state index is 0.366. The van der Waals surface area contributed by atoms with Gasteiger partial charge in [0.1, 0.15) is 6.04 Å². The quantitative estimate of drug-likeness (QED) is 0.668. The standard InChI is InChI=1S/C17H15ClN2O2/c18-13-6-2-4-8-15(13)20-16(17(21)22)9-11-10-19-14-7-3-1-5-12(11)14/h1-8,10,16,19-20H,9H2,(H,21,22). The van der Waals surface area contributed by atoms with Crippen molar-refractivity contribution in [1.29, 1.82) is 0 Å². The summed E-state index contributed by atoms with van der Waals surface area (Å²) >= 11 is 6.09. The first-order chi connectivity index (χ1) is 10.6.